The monoisotopic (exact) mass is 849 g/mol. The molecule has 0 rings (SSSR count). The third-order valence-electron chi connectivity index (χ3n) is 12.7. The van der Waals surface area contributed by atoms with Gasteiger partial charge >= 0.3 is 17.9 Å². The van der Waals surface area contributed by atoms with E-state index in [9.17, 15) is 14.4 Å². The summed E-state index contributed by atoms with van der Waals surface area (Å²) < 4.78 is 16.8. The van der Waals surface area contributed by atoms with Crippen molar-refractivity contribution in [3.63, 3.8) is 0 Å². The lowest BCUT2D eigenvalue weighted by molar-refractivity contribution is -0.167. The van der Waals surface area contributed by atoms with E-state index in [2.05, 4.69) is 27.7 Å². The fourth-order valence-corrected chi connectivity index (χ4v) is 8.19. The van der Waals surface area contributed by atoms with Crippen molar-refractivity contribution in [1.82, 2.24) is 0 Å². The van der Waals surface area contributed by atoms with Crippen LogP contribution >= 0.6 is 0 Å². The summed E-state index contributed by atoms with van der Waals surface area (Å²) in [5.41, 5.74) is 0. The molecule has 0 aromatic rings. The van der Waals surface area contributed by atoms with Crippen LogP contribution in [0.25, 0.3) is 0 Å². The van der Waals surface area contributed by atoms with Crippen molar-refractivity contribution in [3.8, 4) is 0 Å². The highest BCUT2D eigenvalue weighted by molar-refractivity contribution is 5.71. The Morgan fingerprint density at radius 3 is 0.867 bits per heavy atom. The van der Waals surface area contributed by atoms with Crippen LogP contribution in [0.15, 0.2) is 0 Å². The van der Waals surface area contributed by atoms with E-state index >= 15 is 0 Å². The summed E-state index contributed by atoms with van der Waals surface area (Å²) in [5.74, 6) is 0.0259. The van der Waals surface area contributed by atoms with Crippen LogP contribution in [-0.4, -0.2) is 37.2 Å². The highest BCUT2D eigenvalue weighted by Crippen LogP contribution is 2.18. The van der Waals surface area contributed by atoms with Crippen molar-refractivity contribution in [2.75, 3.05) is 13.2 Å². The van der Waals surface area contributed by atoms with Gasteiger partial charge < -0.3 is 14.2 Å². The maximum atomic E-state index is 12.8. The highest BCUT2D eigenvalue weighted by Gasteiger charge is 2.19. The van der Waals surface area contributed by atoms with Crippen LogP contribution in [0.3, 0.4) is 0 Å². The summed E-state index contributed by atoms with van der Waals surface area (Å²) in [6.45, 7) is 9.05. The van der Waals surface area contributed by atoms with E-state index in [0.29, 0.717) is 19.3 Å². The van der Waals surface area contributed by atoms with Gasteiger partial charge in [0.15, 0.2) is 6.10 Å². The zero-order valence-corrected chi connectivity index (χ0v) is 40.9. The normalized spacial score (nSPS) is 12.4. The van der Waals surface area contributed by atoms with Gasteiger partial charge in [0, 0.05) is 19.3 Å². The summed E-state index contributed by atoms with van der Waals surface area (Å²) in [6.07, 6.45) is 50.8. The molecule has 6 heteroatoms. The second kappa shape index (κ2) is 48.4. The number of esters is 3. The predicted molar refractivity (Wildman–Crippen MR) is 257 cm³/mol. The van der Waals surface area contributed by atoms with Crippen LogP contribution in [0, 0.1) is 5.92 Å². The summed E-state index contributed by atoms with van der Waals surface area (Å²) in [6, 6.07) is 0. The molecule has 0 aliphatic carbocycles. The number of ether oxygens (including phenoxy) is 3. The number of carbonyl (C=O) groups is 3. The first kappa shape index (κ1) is 58.4. The smallest absolute Gasteiger partial charge is 0.306 e. The van der Waals surface area contributed by atoms with Crippen LogP contribution in [0.1, 0.15) is 304 Å². The molecule has 0 amide bonds. The van der Waals surface area contributed by atoms with Crippen LogP contribution in [0.4, 0.5) is 0 Å². The lowest BCUT2D eigenvalue weighted by Gasteiger charge is -2.18. The SMILES string of the molecule is CCCCCCCCCCCCCCCCCCCCC(=O)O[C@@H](COC(=O)CCCCCCCCCCCC)COC(=O)CCCCCCCCCCCCC(C)CC. The molecule has 0 saturated carbocycles. The Bertz CT molecular complexity index is 905. The van der Waals surface area contributed by atoms with E-state index in [1.807, 2.05) is 0 Å². The summed E-state index contributed by atoms with van der Waals surface area (Å²) in [4.78, 5) is 37.9. The Morgan fingerprint density at radius 2 is 0.583 bits per heavy atom. The third-order valence-corrected chi connectivity index (χ3v) is 12.7. The van der Waals surface area contributed by atoms with Crippen molar-refractivity contribution < 1.29 is 28.6 Å². The standard InChI is InChI=1S/C54H104O6/c1-5-8-10-12-14-16-18-19-20-21-22-23-24-25-31-35-39-43-47-54(57)60-51(48-58-52(55)45-41-37-33-29-17-15-13-11-9-6-2)49-59-53(56)46-42-38-34-30-27-26-28-32-36-40-44-50(4)7-3/h50-51H,5-49H2,1-4H3/t50?,51-/m0/s1. The lowest BCUT2D eigenvalue weighted by Crippen LogP contribution is -2.30. The average Bonchev–Trinajstić information content (AvgIpc) is 3.25. The highest BCUT2D eigenvalue weighted by atomic mass is 16.6. The zero-order chi connectivity index (χ0) is 43.8. The van der Waals surface area contributed by atoms with Crippen molar-refractivity contribution in [2.24, 2.45) is 5.92 Å². The number of hydrogen-bond donors (Lipinski definition) is 0. The minimum absolute atomic E-state index is 0.0629. The van der Waals surface area contributed by atoms with Crippen molar-refractivity contribution in [2.45, 2.75) is 310 Å². The molecule has 0 saturated heterocycles. The number of carbonyl (C=O) groups excluding carboxylic acids is 3. The molecule has 0 aliphatic rings. The van der Waals surface area contributed by atoms with Crippen molar-refractivity contribution in [3.05, 3.63) is 0 Å². The van der Waals surface area contributed by atoms with Gasteiger partial charge in [-0.05, 0) is 25.2 Å². The van der Waals surface area contributed by atoms with Gasteiger partial charge in [0.05, 0.1) is 0 Å². The zero-order valence-electron chi connectivity index (χ0n) is 40.9. The van der Waals surface area contributed by atoms with Gasteiger partial charge in [-0.15, -0.1) is 0 Å². The topological polar surface area (TPSA) is 78.9 Å². The lowest BCUT2D eigenvalue weighted by atomic mass is 9.99. The molecule has 60 heavy (non-hydrogen) atoms. The summed E-state index contributed by atoms with van der Waals surface area (Å²) in [7, 11) is 0. The molecule has 0 aliphatic heterocycles. The molecule has 0 aromatic heterocycles. The number of hydrogen-bond acceptors (Lipinski definition) is 6. The Labute approximate surface area is 374 Å². The molecular formula is C54H104O6. The van der Waals surface area contributed by atoms with Gasteiger partial charge in [-0.1, -0.05) is 265 Å². The minimum atomic E-state index is -0.760. The molecule has 356 valence electrons. The Kier molecular flexibility index (Phi) is 47.2. The van der Waals surface area contributed by atoms with Gasteiger partial charge in [0.1, 0.15) is 13.2 Å². The van der Waals surface area contributed by atoms with Gasteiger partial charge in [0.2, 0.25) is 0 Å². The Hall–Kier alpha value is -1.59. The van der Waals surface area contributed by atoms with E-state index in [1.165, 1.54) is 199 Å². The Balaban J connectivity index is 4.27. The van der Waals surface area contributed by atoms with Gasteiger partial charge in [0.25, 0.3) is 0 Å². The first-order valence-electron chi connectivity index (χ1n) is 26.9. The fourth-order valence-electron chi connectivity index (χ4n) is 8.19. The van der Waals surface area contributed by atoms with Crippen LogP contribution in [0.5, 0.6) is 0 Å². The molecular weight excluding hydrogens is 745 g/mol. The van der Waals surface area contributed by atoms with Gasteiger partial charge in [-0.2, -0.15) is 0 Å². The molecule has 0 N–H and O–H groups in total. The first-order chi connectivity index (χ1) is 29.4. The largest absolute Gasteiger partial charge is 0.462 e. The van der Waals surface area contributed by atoms with Crippen molar-refractivity contribution >= 4 is 17.9 Å². The molecule has 0 bridgehead atoms. The van der Waals surface area contributed by atoms with Gasteiger partial charge in [-0.3, -0.25) is 14.4 Å². The number of unbranched alkanes of at least 4 members (excludes halogenated alkanes) is 35. The number of rotatable bonds is 49. The molecule has 2 atom stereocenters. The van der Waals surface area contributed by atoms with Crippen LogP contribution in [0.2, 0.25) is 0 Å². The van der Waals surface area contributed by atoms with E-state index in [-0.39, 0.29) is 31.1 Å². The maximum absolute atomic E-state index is 12.8. The van der Waals surface area contributed by atoms with Crippen LogP contribution in [-0.2, 0) is 28.6 Å². The van der Waals surface area contributed by atoms with E-state index < -0.39 is 6.10 Å². The molecule has 0 heterocycles. The van der Waals surface area contributed by atoms with Crippen molar-refractivity contribution in [1.29, 1.82) is 0 Å². The van der Waals surface area contributed by atoms with Gasteiger partial charge in [-0.25, -0.2) is 0 Å². The van der Waals surface area contributed by atoms with E-state index in [4.69, 9.17) is 14.2 Å². The maximum Gasteiger partial charge on any atom is 0.306 e. The Morgan fingerprint density at radius 1 is 0.333 bits per heavy atom. The molecule has 0 radical (unpaired) electrons. The third kappa shape index (κ3) is 45.9. The average molecular weight is 849 g/mol. The molecule has 6 nitrogen and oxygen atoms in total. The molecule has 0 spiro atoms. The summed E-state index contributed by atoms with van der Waals surface area (Å²) in [5, 5.41) is 0. The predicted octanol–water partition coefficient (Wildman–Crippen LogP) is 17.5. The minimum Gasteiger partial charge on any atom is -0.462 e. The van der Waals surface area contributed by atoms with E-state index in [0.717, 1.165) is 63.7 Å². The fraction of sp³-hybridized carbons (Fsp3) is 0.944. The first-order valence-corrected chi connectivity index (χ1v) is 26.9. The second-order valence-corrected chi connectivity index (χ2v) is 18.8. The molecule has 1 unspecified atom stereocenters. The summed E-state index contributed by atoms with van der Waals surface area (Å²) >= 11 is 0. The molecule has 0 fully saturated rings. The second-order valence-electron chi connectivity index (χ2n) is 18.8. The van der Waals surface area contributed by atoms with Crippen LogP contribution < -0.4 is 0 Å². The quantitative estimate of drug-likeness (QED) is 0.0345. The van der Waals surface area contributed by atoms with E-state index in [1.54, 1.807) is 0 Å². The molecule has 0 aromatic carbocycles.